The minimum atomic E-state index is -5.08. The second kappa shape index (κ2) is 8.52. The van der Waals surface area contributed by atoms with Gasteiger partial charge in [0, 0.05) is 38.3 Å². The van der Waals surface area contributed by atoms with E-state index in [1.54, 1.807) is 0 Å². The van der Waals surface area contributed by atoms with Crippen LogP contribution in [0.25, 0.3) is 0 Å². The van der Waals surface area contributed by atoms with Crippen molar-refractivity contribution in [2.75, 3.05) is 6.54 Å². The molecule has 24 heavy (non-hydrogen) atoms. The zero-order valence-corrected chi connectivity index (χ0v) is 12.1. The quantitative estimate of drug-likeness (QED) is 0.600. The van der Waals surface area contributed by atoms with Gasteiger partial charge in [-0.2, -0.15) is 31.4 Å². The van der Waals surface area contributed by atoms with Gasteiger partial charge in [-0.1, -0.05) is 0 Å². The van der Waals surface area contributed by atoms with Crippen LogP contribution in [0.1, 0.15) is 11.3 Å². The third kappa shape index (κ3) is 8.36. The molecular formula is C11H13F6N3O4. The van der Waals surface area contributed by atoms with Crippen LogP contribution < -0.4 is 5.32 Å². The highest BCUT2D eigenvalue weighted by molar-refractivity contribution is 5.73. The Kier molecular flexibility index (Phi) is 7.70. The summed E-state index contributed by atoms with van der Waals surface area (Å²) in [7, 11) is 1.97. The van der Waals surface area contributed by atoms with Crippen molar-refractivity contribution in [2.24, 2.45) is 7.05 Å². The standard InChI is InChI=1S/C7H11N3.2C2HF3O2/c1-10-5-6-4-8-3-2-7(6)9-10;2*3-2(4,5)1(6)7/h5,8H,2-4H2,1H3;2*(H,6,7). The second-order valence-electron chi connectivity index (χ2n) is 4.31. The Balaban J connectivity index is 0.000000343. The van der Waals surface area contributed by atoms with Gasteiger partial charge < -0.3 is 15.5 Å². The van der Waals surface area contributed by atoms with E-state index in [1.165, 1.54) is 11.3 Å². The fourth-order valence-corrected chi connectivity index (χ4v) is 1.37. The van der Waals surface area contributed by atoms with Gasteiger partial charge in [-0.15, -0.1) is 0 Å². The number of aliphatic carboxylic acids is 2. The molecule has 0 bridgehead atoms. The number of alkyl halides is 6. The largest absolute Gasteiger partial charge is 0.490 e. The predicted octanol–water partition coefficient (Wildman–Crippen LogP) is 1.33. The first kappa shape index (κ1) is 21.7. The number of hydrogen-bond donors (Lipinski definition) is 3. The van der Waals surface area contributed by atoms with Crippen molar-refractivity contribution in [3.05, 3.63) is 17.5 Å². The fraction of sp³-hybridized carbons (Fsp3) is 0.545. The number of carboxylic acids is 2. The van der Waals surface area contributed by atoms with Crippen LogP contribution in [0.3, 0.4) is 0 Å². The number of carboxylic acid groups (broad SMARTS) is 2. The number of nitrogens with one attached hydrogen (secondary N) is 1. The van der Waals surface area contributed by atoms with E-state index in [-0.39, 0.29) is 0 Å². The lowest BCUT2D eigenvalue weighted by atomic mass is 10.1. The summed E-state index contributed by atoms with van der Waals surface area (Å²) in [5, 5.41) is 21.9. The summed E-state index contributed by atoms with van der Waals surface area (Å²) in [5.74, 6) is -5.51. The molecule has 0 aromatic carbocycles. The number of hydrogen-bond acceptors (Lipinski definition) is 4. The number of halogens is 6. The smallest absolute Gasteiger partial charge is 0.475 e. The van der Waals surface area contributed by atoms with Gasteiger partial charge in [0.2, 0.25) is 0 Å². The summed E-state index contributed by atoms with van der Waals surface area (Å²) in [6.07, 6.45) is -7.00. The lowest BCUT2D eigenvalue weighted by Crippen LogP contribution is -2.22. The Morgan fingerprint density at radius 3 is 1.88 bits per heavy atom. The Bertz CT molecular complexity index is 520. The molecule has 1 aromatic rings. The first-order valence-corrected chi connectivity index (χ1v) is 6.07. The number of fused-ring (bicyclic) bond motifs is 1. The Labute approximate surface area is 130 Å². The molecule has 2 rings (SSSR count). The Morgan fingerprint density at radius 2 is 1.54 bits per heavy atom. The number of carbonyl (C=O) groups is 2. The topological polar surface area (TPSA) is 104 Å². The van der Waals surface area contributed by atoms with Gasteiger partial charge in [0.15, 0.2) is 0 Å². The van der Waals surface area contributed by atoms with E-state index in [0.29, 0.717) is 0 Å². The molecule has 0 unspecified atom stereocenters. The van der Waals surface area contributed by atoms with Crippen molar-refractivity contribution in [3.63, 3.8) is 0 Å². The minimum absolute atomic E-state index is 0.989. The van der Waals surface area contributed by atoms with Crippen molar-refractivity contribution in [1.82, 2.24) is 15.1 Å². The molecule has 0 spiro atoms. The van der Waals surface area contributed by atoms with E-state index in [1.807, 2.05) is 11.7 Å². The van der Waals surface area contributed by atoms with Crippen LogP contribution in [0.15, 0.2) is 6.20 Å². The molecule has 13 heteroatoms. The number of aryl methyl sites for hydroxylation is 1. The minimum Gasteiger partial charge on any atom is -0.475 e. The molecule has 0 amide bonds. The van der Waals surface area contributed by atoms with Crippen molar-refractivity contribution in [2.45, 2.75) is 25.3 Å². The zero-order chi connectivity index (χ0) is 19.1. The molecule has 1 aliphatic heterocycles. The summed E-state index contributed by atoms with van der Waals surface area (Å²) in [6.45, 7) is 2.06. The molecule has 0 saturated heterocycles. The van der Waals surface area contributed by atoms with E-state index in [0.717, 1.165) is 19.5 Å². The van der Waals surface area contributed by atoms with E-state index in [4.69, 9.17) is 19.8 Å². The summed E-state index contributed by atoms with van der Waals surface area (Å²) >= 11 is 0. The maximum absolute atomic E-state index is 10.6. The molecule has 0 fully saturated rings. The molecule has 3 N–H and O–H groups in total. The lowest BCUT2D eigenvalue weighted by Gasteiger charge is -2.09. The molecule has 138 valence electrons. The number of rotatable bonds is 0. The summed E-state index contributed by atoms with van der Waals surface area (Å²) in [6, 6.07) is 0. The molecule has 1 aliphatic rings. The SMILES string of the molecule is Cn1cc2c(n1)CCNC2.O=C(O)C(F)(F)F.O=C(O)C(F)(F)F. The highest BCUT2D eigenvalue weighted by atomic mass is 19.4. The Hall–Kier alpha value is -2.31. The van der Waals surface area contributed by atoms with E-state index < -0.39 is 24.3 Å². The molecule has 0 radical (unpaired) electrons. The molecule has 1 aromatic heterocycles. The van der Waals surface area contributed by atoms with Gasteiger partial charge in [-0.05, 0) is 0 Å². The third-order valence-electron chi connectivity index (χ3n) is 2.33. The summed E-state index contributed by atoms with van der Waals surface area (Å²) in [4.78, 5) is 17.8. The van der Waals surface area contributed by atoms with Gasteiger partial charge in [0.05, 0.1) is 5.69 Å². The van der Waals surface area contributed by atoms with Crippen molar-refractivity contribution >= 4 is 11.9 Å². The van der Waals surface area contributed by atoms with Gasteiger partial charge in [0.25, 0.3) is 0 Å². The average Bonchev–Trinajstić information content (AvgIpc) is 2.77. The maximum Gasteiger partial charge on any atom is 0.490 e. The van der Waals surface area contributed by atoms with Gasteiger partial charge in [0.1, 0.15) is 0 Å². The van der Waals surface area contributed by atoms with Crippen molar-refractivity contribution in [1.29, 1.82) is 0 Å². The molecule has 0 aliphatic carbocycles. The summed E-state index contributed by atoms with van der Waals surface area (Å²) < 4.78 is 65.4. The molecule has 7 nitrogen and oxygen atoms in total. The van der Waals surface area contributed by atoms with Crippen LogP contribution in [0, 0.1) is 0 Å². The molecule has 0 atom stereocenters. The van der Waals surface area contributed by atoms with E-state index >= 15 is 0 Å². The zero-order valence-electron chi connectivity index (χ0n) is 12.1. The molecule has 2 heterocycles. The van der Waals surface area contributed by atoms with Crippen LogP contribution in [-0.2, 0) is 29.6 Å². The van der Waals surface area contributed by atoms with Gasteiger partial charge in [-0.3, -0.25) is 4.68 Å². The normalized spacial score (nSPS) is 13.6. The Morgan fingerprint density at radius 1 is 1.12 bits per heavy atom. The van der Waals surface area contributed by atoms with Crippen molar-refractivity contribution < 1.29 is 46.1 Å². The molecule has 0 saturated carbocycles. The lowest BCUT2D eigenvalue weighted by molar-refractivity contribution is -0.193. The monoisotopic (exact) mass is 365 g/mol. The van der Waals surface area contributed by atoms with Gasteiger partial charge >= 0.3 is 24.3 Å². The first-order chi connectivity index (χ1) is 10.7. The highest BCUT2D eigenvalue weighted by Crippen LogP contribution is 2.13. The van der Waals surface area contributed by atoms with Crippen LogP contribution in [-0.4, -0.2) is 50.8 Å². The van der Waals surface area contributed by atoms with E-state index in [9.17, 15) is 26.3 Å². The van der Waals surface area contributed by atoms with Crippen LogP contribution >= 0.6 is 0 Å². The fourth-order valence-electron chi connectivity index (χ4n) is 1.37. The molecular weight excluding hydrogens is 352 g/mol. The number of aromatic nitrogens is 2. The van der Waals surface area contributed by atoms with Crippen molar-refractivity contribution in [3.8, 4) is 0 Å². The van der Waals surface area contributed by atoms with Crippen LogP contribution in [0.4, 0.5) is 26.3 Å². The van der Waals surface area contributed by atoms with Gasteiger partial charge in [-0.25, -0.2) is 9.59 Å². The summed E-state index contributed by atoms with van der Waals surface area (Å²) in [5.41, 5.74) is 2.62. The number of nitrogens with zero attached hydrogens (tertiary/aromatic N) is 2. The average molecular weight is 365 g/mol. The second-order valence-corrected chi connectivity index (χ2v) is 4.31. The third-order valence-corrected chi connectivity index (χ3v) is 2.33. The van der Waals surface area contributed by atoms with E-state index in [2.05, 4.69) is 16.6 Å². The highest BCUT2D eigenvalue weighted by Gasteiger charge is 2.38. The first-order valence-electron chi connectivity index (χ1n) is 6.07. The van der Waals surface area contributed by atoms with Crippen LogP contribution in [0.5, 0.6) is 0 Å². The maximum atomic E-state index is 10.6. The van der Waals surface area contributed by atoms with Crippen LogP contribution in [0.2, 0.25) is 0 Å². The predicted molar refractivity (Wildman–Crippen MR) is 66.0 cm³/mol.